The van der Waals surface area contributed by atoms with Gasteiger partial charge in [-0.2, -0.15) is 0 Å². The van der Waals surface area contributed by atoms with E-state index in [1.807, 2.05) is 19.2 Å². The van der Waals surface area contributed by atoms with E-state index in [9.17, 15) is 0 Å². The first-order chi connectivity index (χ1) is 8.81. The normalized spacial score (nSPS) is 10.6. The van der Waals surface area contributed by atoms with Gasteiger partial charge in [0.2, 0.25) is 0 Å². The topological polar surface area (TPSA) is 21.3 Å². The van der Waals surface area contributed by atoms with Crippen molar-refractivity contribution in [3.8, 4) is 5.75 Å². The number of ether oxygens (including phenoxy) is 1. The second-order valence-electron chi connectivity index (χ2n) is 4.18. The van der Waals surface area contributed by atoms with Crippen LogP contribution in [0.25, 0.3) is 0 Å². The standard InChI is InChI=1S/C15H19NOS/c1-3-12-4-6-13(7-5-12)17-11-15-9-8-14(18-15)10-16-2/h4-9,16H,3,10-11H2,1-2H3. The number of rotatable bonds is 6. The highest BCUT2D eigenvalue weighted by atomic mass is 32.1. The Balaban J connectivity index is 1.89. The van der Waals surface area contributed by atoms with E-state index >= 15 is 0 Å². The SMILES string of the molecule is CCc1ccc(OCc2ccc(CNC)s2)cc1. The van der Waals surface area contributed by atoms with E-state index < -0.39 is 0 Å². The smallest absolute Gasteiger partial charge is 0.122 e. The van der Waals surface area contributed by atoms with E-state index in [0.29, 0.717) is 6.61 Å². The van der Waals surface area contributed by atoms with Crippen LogP contribution in [0, 0.1) is 0 Å². The van der Waals surface area contributed by atoms with Crippen molar-refractivity contribution in [3.63, 3.8) is 0 Å². The van der Waals surface area contributed by atoms with Crippen LogP contribution >= 0.6 is 11.3 Å². The molecule has 0 spiro atoms. The van der Waals surface area contributed by atoms with Gasteiger partial charge in [-0.25, -0.2) is 0 Å². The minimum absolute atomic E-state index is 0.653. The summed E-state index contributed by atoms with van der Waals surface area (Å²) in [5.74, 6) is 0.941. The lowest BCUT2D eigenvalue weighted by Gasteiger charge is -2.05. The predicted molar refractivity (Wildman–Crippen MR) is 77.2 cm³/mol. The molecule has 2 nitrogen and oxygen atoms in total. The van der Waals surface area contributed by atoms with E-state index in [0.717, 1.165) is 18.7 Å². The van der Waals surface area contributed by atoms with Crippen LogP contribution in [-0.2, 0) is 19.6 Å². The van der Waals surface area contributed by atoms with Gasteiger partial charge in [0.1, 0.15) is 12.4 Å². The molecular formula is C15H19NOS. The molecule has 0 amide bonds. The van der Waals surface area contributed by atoms with Crippen molar-refractivity contribution < 1.29 is 4.74 Å². The van der Waals surface area contributed by atoms with Gasteiger partial charge in [-0.15, -0.1) is 11.3 Å². The summed E-state index contributed by atoms with van der Waals surface area (Å²) in [7, 11) is 1.96. The van der Waals surface area contributed by atoms with E-state index in [1.165, 1.54) is 15.3 Å². The summed E-state index contributed by atoms with van der Waals surface area (Å²) >= 11 is 1.80. The molecule has 0 radical (unpaired) electrons. The van der Waals surface area contributed by atoms with Gasteiger partial charge in [-0.3, -0.25) is 0 Å². The third kappa shape index (κ3) is 3.59. The molecule has 1 aromatic carbocycles. The quantitative estimate of drug-likeness (QED) is 0.857. The lowest BCUT2D eigenvalue weighted by Crippen LogP contribution is -2.02. The van der Waals surface area contributed by atoms with Crippen LogP contribution in [0.5, 0.6) is 5.75 Å². The molecule has 0 aliphatic carbocycles. The lowest BCUT2D eigenvalue weighted by atomic mass is 10.2. The molecule has 0 fully saturated rings. The van der Waals surface area contributed by atoms with Crippen LogP contribution < -0.4 is 10.1 Å². The zero-order valence-electron chi connectivity index (χ0n) is 10.9. The van der Waals surface area contributed by atoms with Crippen molar-refractivity contribution in [2.45, 2.75) is 26.5 Å². The molecule has 0 atom stereocenters. The Kier molecular flexibility index (Phi) is 4.79. The number of thiophene rings is 1. The van der Waals surface area contributed by atoms with Crippen LogP contribution in [0.3, 0.4) is 0 Å². The second-order valence-corrected chi connectivity index (χ2v) is 5.44. The molecule has 1 heterocycles. The Morgan fingerprint density at radius 2 is 1.78 bits per heavy atom. The van der Waals surface area contributed by atoms with E-state index in [4.69, 9.17) is 4.74 Å². The molecule has 2 rings (SSSR count). The average molecular weight is 261 g/mol. The van der Waals surface area contributed by atoms with Crippen molar-refractivity contribution in [3.05, 3.63) is 51.7 Å². The first kappa shape index (κ1) is 13.1. The van der Waals surface area contributed by atoms with Crippen molar-refractivity contribution in [2.24, 2.45) is 0 Å². The van der Waals surface area contributed by atoms with Gasteiger partial charge in [0.15, 0.2) is 0 Å². The average Bonchev–Trinajstić information content (AvgIpc) is 2.85. The first-order valence-electron chi connectivity index (χ1n) is 6.25. The van der Waals surface area contributed by atoms with E-state index in [1.54, 1.807) is 11.3 Å². The highest BCUT2D eigenvalue weighted by Crippen LogP contribution is 2.19. The number of hydrogen-bond acceptors (Lipinski definition) is 3. The van der Waals surface area contributed by atoms with Crippen LogP contribution in [0.4, 0.5) is 0 Å². The van der Waals surface area contributed by atoms with E-state index in [-0.39, 0.29) is 0 Å². The fourth-order valence-electron chi connectivity index (χ4n) is 1.74. The summed E-state index contributed by atoms with van der Waals surface area (Å²) in [6.07, 6.45) is 1.07. The van der Waals surface area contributed by atoms with Gasteiger partial charge in [-0.05, 0) is 43.3 Å². The van der Waals surface area contributed by atoms with Crippen molar-refractivity contribution in [2.75, 3.05) is 7.05 Å². The zero-order chi connectivity index (χ0) is 12.8. The number of aryl methyl sites for hydroxylation is 1. The summed E-state index contributed by atoms with van der Waals surface area (Å²) in [6, 6.07) is 12.6. The molecule has 1 aromatic heterocycles. The zero-order valence-corrected chi connectivity index (χ0v) is 11.7. The van der Waals surface area contributed by atoms with Crippen molar-refractivity contribution in [1.29, 1.82) is 0 Å². The van der Waals surface area contributed by atoms with Crippen LogP contribution in [-0.4, -0.2) is 7.05 Å². The third-order valence-electron chi connectivity index (χ3n) is 2.78. The maximum atomic E-state index is 5.77. The summed E-state index contributed by atoms with van der Waals surface area (Å²) < 4.78 is 5.77. The van der Waals surface area contributed by atoms with Gasteiger partial charge < -0.3 is 10.1 Å². The molecule has 2 aromatic rings. The molecule has 0 bridgehead atoms. The molecule has 0 aliphatic rings. The molecule has 3 heteroatoms. The van der Waals surface area contributed by atoms with Gasteiger partial charge in [-0.1, -0.05) is 19.1 Å². The number of hydrogen-bond donors (Lipinski definition) is 1. The van der Waals surface area contributed by atoms with Crippen LogP contribution in [0.1, 0.15) is 22.2 Å². The van der Waals surface area contributed by atoms with Crippen molar-refractivity contribution in [1.82, 2.24) is 5.32 Å². The fourth-order valence-corrected chi connectivity index (χ4v) is 2.69. The Labute approximate surface area is 113 Å². The Bertz CT molecular complexity index is 475. The summed E-state index contributed by atoms with van der Waals surface area (Å²) in [5, 5.41) is 3.15. The van der Waals surface area contributed by atoms with Gasteiger partial charge >= 0.3 is 0 Å². The molecule has 18 heavy (non-hydrogen) atoms. The molecular weight excluding hydrogens is 242 g/mol. The van der Waals surface area contributed by atoms with Crippen molar-refractivity contribution >= 4 is 11.3 Å². The molecule has 0 saturated carbocycles. The minimum atomic E-state index is 0.653. The first-order valence-corrected chi connectivity index (χ1v) is 7.07. The highest BCUT2D eigenvalue weighted by Gasteiger charge is 2.01. The Morgan fingerprint density at radius 3 is 2.44 bits per heavy atom. The Morgan fingerprint density at radius 1 is 1.06 bits per heavy atom. The summed E-state index contributed by atoms with van der Waals surface area (Å²) in [6.45, 7) is 3.74. The molecule has 96 valence electrons. The summed E-state index contributed by atoms with van der Waals surface area (Å²) in [5.41, 5.74) is 1.34. The molecule has 0 aliphatic heterocycles. The van der Waals surface area contributed by atoms with Crippen LogP contribution in [0.2, 0.25) is 0 Å². The van der Waals surface area contributed by atoms with Crippen LogP contribution in [0.15, 0.2) is 36.4 Å². The molecule has 1 N–H and O–H groups in total. The second kappa shape index (κ2) is 6.57. The maximum absolute atomic E-state index is 5.77. The van der Waals surface area contributed by atoms with Gasteiger partial charge in [0.25, 0.3) is 0 Å². The summed E-state index contributed by atoms with van der Waals surface area (Å²) in [4.78, 5) is 2.61. The predicted octanol–water partition coefficient (Wildman–Crippen LogP) is 3.61. The monoisotopic (exact) mass is 261 g/mol. The van der Waals surface area contributed by atoms with Gasteiger partial charge in [0, 0.05) is 16.3 Å². The number of nitrogens with one attached hydrogen (secondary N) is 1. The highest BCUT2D eigenvalue weighted by molar-refractivity contribution is 7.11. The molecule has 0 unspecified atom stereocenters. The lowest BCUT2D eigenvalue weighted by molar-refractivity contribution is 0.310. The van der Waals surface area contributed by atoms with Gasteiger partial charge in [0.05, 0.1) is 0 Å². The van der Waals surface area contributed by atoms with E-state index in [2.05, 4.69) is 36.5 Å². The fraction of sp³-hybridized carbons (Fsp3) is 0.333. The third-order valence-corrected chi connectivity index (χ3v) is 3.84. The largest absolute Gasteiger partial charge is 0.488 e. The molecule has 0 saturated heterocycles. The minimum Gasteiger partial charge on any atom is -0.488 e. The Hall–Kier alpha value is -1.32. The maximum Gasteiger partial charge on any atom is 0.122 e. The number of benzene rings is 1.